The van der Waals surface area contributed by atoms with E-state index in [1.54, 1.807) is 0 Å². The van der Waals surface area contributed by atoms with Crippen LogP contribution < -0.4 is 5.73 Å². The average molecular weight is 185 g/mol. The molecule has 0 aliphatic heterocycles. The van der Waals surface area contributed by atoms with Crippen molar-refractivity contribution < 1.29 is 4.39 Å². The first-order valence-electron chi connectivity index (χ1n) is 3.81. The molecule has 1 nitrogen and oxygen atoms in total. The second kappa shape index (κ2) is 3.81. The van der Waals surface area contributed by atoms with Gasteiger partial charge in [-0.1, -0.05) is 6.92 Å². The van der Waals surface area contributed by atoms with E-state index in [9.17, 15) is 4.39 Å². The Morgan fingerprint density at radius 3 is 2.67 bits per heavy atom. The van der Waals surface area contributed by atoms with Gasteiger partial charge in [0, 0.05) is 4.90 Å². The summed E-state index contributed by atoms with van der Waals surface area (Å²) in [7, 11) is 0. The summed E-state index contributed by atoms with van der Waals surface area (Å²) < 4.78 is 13.1. The highest BCUT2D eigenvalue weighted by Crippen LogP contribution is 2.24. The van der Waals surface area contributed by atoms with Gasteiger partial charge in [0.15, 0.2) is 0 Å². The molecule has 0 aromatic heterocycles. The fourth-order valence-electron chi connectivity index (χ4n) is 1.06. The lowest BCUT2D eigenvalue weighted by Gasteiger charge is -2.06. The monoisotopic (exact) mass is 185 g/mol. The third kappa shape index (κ3) is 1.72. The van der Waals surface area contributed by atoms with E-state index in [2.05, 4.69) is 0 Å². The molecule has 3 heteroatoms. The van der Waals surface area contributed by atoms with Crippen LogP contribution in [-0.2, 0) is 6.42 Å². The summed E-state index contributed by atoms with van der Waals surface area (Å²) in [4.78, 5) is 0.929. The smallest absolute Gasteiger partial charge is 0.147 e. The zero-order valence-electron chi connectivity index (χ0n) is 7.23. The molecule has 66 valence electrons. The third-order valence-electron chi connectivity index (χ3n) is 1.81. The highest BCUT2D eigenvalue weighted by molar-refractivity contribution is 7.98. The Balaban J connectivity index is 3.19. The van der Waals surface area contributed by atoms with Crippen molar-refractivity contribution in [2.45, 2.75) is 18.2 Å². The average Bonchev–Trinajstić information content (AvgIpc) is 2.09. The summed E-state index contributed by atoms with van der Waals surface area (Å²) in [6.45, 7) is 1.97. The molecule has 0 aliphatic carbocycles. The molecule has 0 aliphatic rings. The second-order valence-corrected chi connectivity index (χ2v) is 3.42. The molecule has 0 saturated heterocycles. The van der Waals surface area contributed by atoms with Crippen LogP contribution in [0.15, 0.2) is 17.0 Å². The van der Waals surface area contributed by atoms with Crippen LogP contribution >= 0.6 is 11.8 Å². The Bertz CT molecular complexity index is 286. The van der Waals surface area contributed by atoms with Gasteiger partial charge in [0.05, 0.1) is 5.69 Å². The zero-order valence-corrected chi connectivity index (χ0v) is 8.04. The highest BCUT2D eigenvalue weighted by Gasteiger charge is 2.05. The minimum atomic E-state index is -0.307. The molecule has 12 heavy (non-hydrogen) atoms. The number of rotatable bonds is 2. The van der Waals surface area contributed by atoms with E-state index in [0.717, 1.165) is 16.9 Å². The van der Waals surface area contributed by atoms with Gasteiger partial charge in [-0.2, -0.15) is 0 Å². The number of hydrogen-bond acceptors (Lipinski definition) is 2. The first-order chi connectivity index (χ1) is 5.69. The van der Waals surface area contributed by atoms with Gasteiger partial charge in [-0.25, -0.2) is 4.39 Å². The minimum Gasteiger partial charge on any atom is -0.396 e. The van der Waals surface area contributed by atoms with Crippen LogP contribution in [0.4, 0.5) is 10.1 Å². The molecule has 1 aromatic rings. The Hall–Kier alpha value is -0.700. The maximum absolute atomic E-state index is 13.1. The number of thioether (sulfide) groups is 1. The molecule has 1 rings (SSSR count). The van der Waals surface area contributed by atoms with Crippen LogP contribution in [0.5, 0.6) is 0 Å². The Morgan fingerprint density at radius 2 is 2.17 bits per heavy atom. The third-order valence-corrected chi connectivity index (χ3v) is 2.51. The van der Waals surface area contributed by atoms with Crippen LogP contribution in [0, 0.1) is 5.82 Å². The van der Waals surface area contributed by atoms with Crippen molar-refractivity contribution in [1.82, 2.24) is 0 Å². The predicted octanol–water partition coefficient (Wildman–Crippen LogP) is 2.69. The first kappa shape index (κ1) is 9.39. The number of anilines is 1. The molecular weight excluding hydrogens is 173 g/mol. The second-order valence-electron chi connectivity index (χ2n) is 2.54. The number of hydrogen-bond donors (Lipinski definition) is 1. The van der Waals surface area contributed by atoms with Gasteiger partial charge in [0.1, 0.15) is 5.82 Å². The van der Waals surface area contributed by atoms with Gasteiger partial charge in [0.2, 0.25) is 0 Å². The molecule has 0 radical (unpaired) electrons. The fourth-order valence-corrected chi connectivity index (χ4v) is 1.54. The molecule has 1 aromatic carbocycles. The van der Waals surface area contributed by atoms with Crippen LogP contribution in [0.2, 0.25) is 0 Å². The van der Waals surface area contributed by atoms with Gasteiger partial charge in [-0.15, -0.1) is 11.8 Å². The number of benzene rings is 1. The van der Waals surface area contributed by atoms with Crippen molar-refractivity contribution >= 4 is 17.4 Å². The number of nitrogens with two attached hydrogens (primary N) is 1. The van der Waals surface area contributed by atoms with Crippen molar-refractivity contribution in [3.63, 3.8) is 0 Å². The van der Waals surface area contributed by atoms with Gasteiger partial charge >= 0.3 is 0 Å². The van der Waals surface area contributed by atoms with E-state index in [-0.39, 0.29) is 11.5 Å². The van der Waals surface area contributed by atoms with E-state index in [1.807, 2.05) is 19.2 Å². The maximum atomic E-state index is 13.1. The van der Waals surface area contributed by atoms with E-state index in [1.165, 1.54) is 17.8 Å². The van der Waals surface area contributed by atoms with E-state index < -0.39 is 0 Å². The Labute approximate surface area is 76.2 Å². The zero-order chi connectivity index (χ0) is 9.14. The normalized spacial score (nSPS) is 10.2. The van der Waals surface area contributed by atoms with Gasteiger partial charge < -0.3 is 5.73 Å². The summed E-state index contributed by atoms with van der Waals surface area (Å²) >= 11 is 1.53. The highest BCUT2D eigenvalue weighted by atomic mass is 32.2. The quantitative estimate of drug-likeness (QED) is 0.566. The molecule has 0 unspecified atom stereocenters. The van der Waals surface area contributed by atoms with Gasteiger partial charge in [0.25, 0.3) is 0 Å². The molecule has 2 N–H and O–H groups in total. The molecule has 0 fully saturated rings. The van der Waals surface area contributed by atoms with E-state index in [4.69, 9.17) is 5.73 Å². The molecule has 0 heterocycles. The van der Waals surface area contributed by atoms with Crippen molar-refractivity contribution in [3.8, 4) is 0 Å². The lowest BCUT2D eigenvalue weighted by molar-refractivity contribution is 0.627. The van der Waals surface area contributed by atoms with E-state index >= 15 is 0 Å². The Morgan fingerprint density at radius 1 is 1.50 bits per heavy atom. The SMILES string of the molecule is CCc1cc(SC)cc(F)c1N. The Kier molecular flexibility index (Phi) is 2.98. The summed E-state index contributed by atoms with van der Waals surface area (Å²) in [6.07, 6.45) is 2.70. The van der Waals surface area contributed by atoms with Crippen molar-refractivity contribution in [2.75, 3.05) is 12.0 Å². The van der Waals surface area contributed by atoms with Crippen molar-refractivity contribution in [3.05, 3.63) is 23.5 Å². The lowest BCUT2D eigenvalue weighted by Crippen LogP contribution is -1.97. The van der Waals surface area contributed by atoms with Gasteiger partial charge in [-0.05, 0) is 30.4 Å². The molecule has 0 spiro atoms. The standard InChI is InChI=1S/C9H12FNS/c1-3-6-4-7(12-2)5-8(10)9(6)11/h4-5H,3,11H2,1-2H3. The number of halogens is 1. The van der Waals surface area contributed by atoms with Crippen molar-refractivity contribution in [1.29, 1.82) is 0 Å². The molecule has 0 atom stereocenters. The summed E-state index contributed by atoms with van der Waals surface area (Å²) in [5, 5.41) is 0. The van der Waals surface area contributed by atoms with Gasteiger partial charge in [-0.3, -0.25) is 0 Å². The summed E-state index contributed by atoms with van der Waals surface area (Å²) in [5.41, 5.74) is 6.71. The van der Waals surface area contributed by atoms with Crippen LogP contribution in [-0.4, -0.2) is 6.26 Å². The maximum Gasteiger partial charge on any atom is 0.147 e. The summed E-state index contributed by atoms with van der Waals surface area (Å²) in [5.74, 6) is -0.307. The van der Waals surface area contributed by atoms with Crippen LogP contribution in [0.1, 0.15) is 12.5 Å². The van der Waals surface area contributed by atoms with Crippen LogP contribution in [0.3, 0.4) is 0 Å². The largest absolute Gasteiger partial charge is 0.396 e. The number of nitrogen functional groups attached to an aromatic ring is 1. The van der Waals surface area contributed by atoms with Crippen molar-refractivity contribution in [2.24, 2.45) is 0 Å². The van der Waals surface area contributed by atoms with E-state index in [0.29, 0.717) is 0 Å². The minimum absolute atomic E-state index is 0.287. The molecule has 0 saturated carbocycles. The van der Waals surface area contributed by atoms with Crippen LogP contribution in [0.25, 0.3) is 0 Å². The lowest BCUT2D eigenvalue weighted by atomic mass is 10.1. The topological polar surface area (TPSA) is 26.0 Å². The first-order valence-corrected chi connectivity index (χ1v) is 5.03. The predicted molar refractivity (Wildman–Crippen MR) is 52.0 cm³/mol. The molecule has 0 bridgehead atoms. The molecule has 0 amide bonds. The number of aryl methyl sites for hydroxylation is 1. The fraction of sp³-hybridized carbons (Fsp3) is 0.333. The molecular formula is C9H12FNS. The summed E-state index contributed by atoms with van der Waals surface area (Å²) in [6, 6.07) is 3.40.